The lowest BCUT2D eigenvalue weighted by Gasteiger charge is -2.45. The average Bonchev–Trinajstić information content (AvgIpc) is 2.68. The van der Waals surface area contributed by atoms with E-state index in [0.29, 0.717) is 41.4 Å². The smallest absolute Gasteiger partial charge is 0.272 e. The van der Waals surface area contributed by atoms with Crippen molar-refractivity contribution in [1.29, 1.82) is 5.26 Å². The highest BCUT2D eigenvalue weighted by molar-refractivity contribution is 5.92. The Balaban J connectivity index is 1.75. The third-order valence-electron chi connectivity index (χ3n) is 5.66. The maximum Gasteiger partial charge on any atom is 0.272 e. The Kier molecular flexibility index (Phi) is 4.71. The second kappa shape index (κ2) is 7.11. The van der Waals surface area contributed by atoms with Crippen molar-refractivity contribution in [2.24, 2.45) is 0 Å². The van der Waals surface area contributed by atoms with Crippen LogP contribution in [0.3, 0.4) is 0 Å². The molecule has 0 radical (unpaired) electrons. The van der Waals surface area contributed by atoms with Crippen LogP contribution in [0.15, 0.2) is 29.1 Å². The van der Waals surface area contributed by atoms with Crippen molar-refractivity contribution >= 4 is 22.4 Å². The van der Waals surface area contributed by atoms with Crippen molar-refractivity contribution in [3.05, 3.63) is 57.0 Å². The molecule has 154 valence electrons. The number of pyridine rings is 1. The maximum atomic E-state index is 12.6. The normalized spacial score (nSPS) is 16.1. The zero-order chi connectivity index (χ0) is 21.6. The highest BCUT2D eigenvalue weighted by Crippen LogP contribution is 2.31. The zero-order valence-corrected chi connectivity index (χ0v) is 17.4. The van der Waals surface area contributed by atoms with Gasteiger partial charge in [-0.25, -0.2) is 0 Å². The standard InChI is InChI=1S/C22H24N6O2/c1-12-15(9-23)6-5-7-16(12)13(2)24-20-17-8-18(28-10-22(4,30)11-28)21(29)25-19(17)14(3)26-27-20/h5-8,13,30H,10-11H2,1-4H3,(H,24,27)(H,25,29)/t13-/m1/s1. The number of H-pyrrole nitrogens is 1. The molecule has 4 rings (SSSR count). The number of nitrogens with one attached hydrogen (secondary N) is 2. The molecule has 8 nitrogen and oxygen atoms in total. The summed E-state index contributed by atoms with van der Waals surface area (Å²) in [7, 11) is 0. The summed E-state index contributed by atoms with van der Waals surface area (Å²) in [5, 5.41) is 32.0. The van der Waals surface area contributed by atoms with Gasteiger partial charge in [0.05, 0.1) is 34.5 Å². The van der Waals surface area contributed by atoms with Crippen LogP contribution in [0.5, 0.6) is 0 Å². The topological polar surface area (TPSA) is 118 Å². The molecular formula is C22H24N6O2. The highest BCUT2D eigenvalue weighted by atomic mass is 16.3. The van der Waals surface area contributed by atoms with Gasteiger partial charge < -0.3 is 20.3 Å². The van der Waals surface area contributed by atoms with Gasteiger partial charge in [0.15, 0.2) is 5.82 Å². The molecule has 3 N–H and O–H groups in total. The van der Waals surface area contributed by atoms with E-state index in [9.17, 15) is 15.2 Å². The minimum atomic E-state index is -0.785. The van der Waals surface area contributed by atoms with E-state index in [0.717, 1.165) is 16.5 Å². The van der Waals surface area contributed by atoms with Crippen LogP contribution >= 0.6 is 0 Å². The van der Waals surface area contributed by atoms with Crippen LogP contribution in [0.2, 0.25) is 0 Å². The number of anilines is 2. The largest absolute Gasteiger partial charge is 0.386 e. The van der Waals surface area contributed by atoms with E-state index in [1.165, 1.54) is 0 Å². The van der Waals surface area contributed by atoms with Gasteiger partial charge in [0.1, 0.15) is 5.69 Å². The van der Waals surface area contributed by atoms with Crippen molar-refractivity contribution in [1.82, 2.24) is 15.2 Å². The van der Waals surface area contributed by atoms with Crippen LogP contribution in [0, 0.1) is 25.2 Å². The molecule has 0 saturated carbocycles. The number of aromatic amines is 1. The van der Waals surface area contributed by atoms with Crippen LogP contribution in [0.1, 0.15) is 42.3 Å². The number of hydrogen-bond acceptors (Lipinski definition) is 7. The molecule has 1 aromatic carbocycles. The summed E-state index contributed by atoms with van der Waals surface area (Å²) in [6.07, 6.45) is 0. The number of aromatic nitrogens is 3. The third kappa shape index (κ3) is 3.37. The summed E-state index contributed by atoms with van der Waals surface area (Å²) >= 11 is 0. The summed E-state index contributed by atoms with van der Waals surface area (Å²) < 4.78 is 0. The van der Waals surface area contributed by atoms with Gasteiger partial charge in [0.25, 0.3) is 5.56 Å². The minimum absolute atomic E-state index is 0.126. The summed E-state index contributed by atoms with van der Waals surface area (Å²) in [5.74, 6) is 0.551. The van der Waals surface area contributed by atoms with E-state index >= 15 is 0 Å². The fourth-order valence-corrected chi connectivity index (χ4v) is 4.03. The second-order valence-electron chi connectivity index (χ2n) is 8.26. The molecule has 1 aliphatic heterocycles. The molecule has 0 bridgehead atoms. The van der Waals surface area contributed by atoms with Gasteiger partial charge in [-0.1, -0.05) is 12.1 Å². The Labute approximate surface area is 174 Å². The summed E-state index contributed by atoms with van der Waals surface area (Å²) in [6.45, 7) is 8.27. The van der Waals surface area contributed by atoms with E-state index in [2.05, 4.69) is 26.6 Å². The Bertz CT molecular complexity index is 1230. The Morgan fingerprint density at radius 2 is 2.07 bits per heavy atom. The summed E-state index contributed by atoms with van der Waals surface area (Å²) in [4.78, 5) is 17.4. The molecule has 0 spiro atoms. The molecule has 1 aliphatic rings. The molecule has 2 aromatic heterocycles. The number of hydrogen-bond donors (Lipinski definition) is 3. The molecule has 1 atom stereocenters. The molecule has 0 unspecified atom stereocenters. The van der Waals surface area contributed by atoms with Gasteiger partial charge >= 0.3 is 0 Å². The molecule has 1 saturated heterocycles. The molecule has 3 heterocycles. The lowest BCUT2D eigenvalue weighted by atomic mass is 9.96. The number of fused-ring (bicyclic) bond motifs is 1. The van der Waals surface area contributed by atoms with Gasteiger partial charge in [-0.05, 0) is 51.0 Å². The summed E-state index contributed by atoms with van der Waals surface area (Å²) in [5.41, 5.74) is 3.30. The second-order valence-corrected chi connectivity index (χ2v) is 8.26. The van der Waals surface area contributed by atoms with E-state index in [-0.39, 0.29) is 11.6 Å². The quantitative estimate of drug-likeness (QED) is 0.611. The van der Waals surface area contributed by atoms with E-state index in [4.69, 9.17) is 0 Å². The van der Waals surface area contributed by atoms with Crippen molar-refractivity contribution in [2.45, 2.75) is 39.3 Å². The van der Waals surface area contributed by atoms with Crippen LogP contribution in [0.25, 0.3) is 10.9 Å². The average molecular weight is 404 g/mol. The predicted molar refractivity (Wildman–Crippen MR) is 116 cm³/mol. The lowest BCUT2D eigenvalue weighted by molar-refractivity contribution is 0.0309. The Morgan fingerprint density at radius 1 is 1.33 bits per heavy atom. The van der Waals surface area contributed by atoms with Crippen molar-refractivity contribution in [3.8, 4) is 6.07 Å². The van der Waals surface area contributed by atoms with Crippen molar-refractivity contribution in [2.75, 3.05) is 23.3 Å². The van der Waals surface area contributed by atoms with Crippen LogP contribution in [-0.2, 0) is 0 Å². The Hall–Kier alpha value is -3.44. The monoisotopic (exact) mass is 404 g/mol. The van der Waals surface area contributed by atoms with E-state index in [1.54, 1.807) is 26.0 Å². The minimum Gasteiger partial charge on any atom is -0.386 e. The van der Waals surface area contributed by atoms with E-state index < -0.39 is 5.60 Å². The third-order valence-corrected chi connectivity index (χ3v) is 5.66. The molecule has 0 aliphatic carbocycles. The molecule has 8 heteroatoms. The number of nitrogens with zero attached hydrogens (tertiary/aromatic N) is 4. The zero-order valence-electron chi connectivity index (χ0n) is 17.4. The first kappa shape index (κ1) is 19.9. The Morgan fingerprint density at radius 3 is 2.73 bits per heavy atom. The number of aliphatic hydroxyl groups is 1. The van der Waals surface area contributed by atoms with Gasteiger partial charge in [0.2, 0.25) is 0 Å². The maximum absolute atomic E-state index is 12.6. The predicted octanol–water partition coefficient (Wildman–Crippen LogP) is 2.55. The fourth-order valence-electron chi connectivity index (χ4n) is 4.03. The van der Waals surface area contributed by atoms with Gasteiger partial charge in [0, 0.05) is 18.5 Å². The molecule has 0 amide bonds. The molecule has 1 fully saturated rings. The first-order valence-electron chi connectivity index (χ1n) is 9.84. The van der Waals surface area contributed by atoms with Crippen LogP contribution < -0.4 is 15.8 Å². The van der Waals surface area contributed by atoms with Gasteiger partial charge in [-0.3, -0.25) is 4.79 Å². The number of nitriles is 1. The summed E-state index contributed by atoms with van der Waals surface area (Å²) in [6, 6.07) is 9.53. The molecule has 30 heavy (non-hydrogen) atoms. The molecular weight excluding hydrogens is 380 g/mol. The highest BCUT2D eigenvalue weighted by Gasteiger charge is 2.37. The van der Waals surface area contributed by atoms with Gasteiger partial charge in [-0.2, -0.15) is 10.4 Å². The SMILES string of the molecule is Cc1c(C#N)cccc1[C@@H](C)Nc1nnc(C)c2[nH]c(=O)c(N3CC(C)(O)C3)cc12. The molecule has 3 aromatic rings. The van der Waals surface area contributed by atoms with Crippen LogP contribution in [0.4, 0.5) is 11.5 Å². The lowest BCUT2D eigenvalue weighted by Crippen LogP contribution is -2.61. The van der Waals surface area contributed by atoms with Crippen molar-refractivity contribution in [3.63, 3.8) is 0 Å². The first-order chi connectivity index (χ1) is 14.2. The van der Waals surface area contributed by atoms with Gasteiger partial charge in [-0.15, -0.1) is 5.10 Å². The fraction of sp³-hybridized carbons (Fsp3) is 0.364. The van der Waals surface area contributed by atoms with Crippen LogP contribution in [-0.4, -0.2) is 39.0 Å². The number of β-amino-alcohol motifs (C(OH)–C–C–N with tert-alkyl or cyclic N) is 1. The number of rotatable bonds is 4. The number of benzene rings is 1. The number of aryl methyl sites for hydroxylation is 1. The van der Waals surface area contributed by atoms with Crippen molar-refractivity contribution < 1.29 is 5.11 Å². The van der Waals surface area contributed by atoms with E-state index in [1.807, 2.05) is 30.9 Å². The first-order valence-corrected chi connectivity index (χ1v) is 9.84.